The summed E-state index contributed by atoms with van der Waals surface area (Å²) >= 11 is 0. The molecule has 2 aliphatic heterocycles. The van der Waals surface area contributed by atoms with Crippen molar-refractivity contribution in [3.63, 3.8) is 0 Å². The van der Waals surface area contributed by atoms with E-state index < -0.39 is 0 Å². The van der Waals surface area contributed by atoms with Crippen LogP contribution >= 0.6 is 0 Å². The Kier molecular flexibility index (Phi) is 6.59. The lowest BCUT2D eigenvalue weighted by atomic mass is 9.97. The number of hydrogen-bond acceptors (Lipinski definition) is 6. The van der Waals surface area contributed by atoms with Crippen LogP contribution in [-0.2, 0) is 23.1 Å². The number of likely N-dealkylation sites (tertiary alicyclic amines) is 1. The van der Waals surface area contributed by atoms with Gasteiger partial charge in [0.15, 0.2) is 0 Å². The molecule has 0 spiro atoms. The molecule has 0 radical (unpaired) electrons. The molecule has 0 aliphatic carbocycles. The molecule has 1 aromatic rings. The van der Waals surface area contributed by atoms with Crippen LogP contribution in [0, 0.1) is 0 Å². The number of piperidine rings is 1. The van der Waals surface area contributed by atoms with Gasteiger partial charge >= 0.3 is 0 Å². The van der Waals surface area contributed by atoms with Gasteiger partial charge in [-0.05, 0) is 25.8 Å². The Balaban J connectivity index is 1.57. The fraction of sp³-hybridized carbons (Fsp3) is 0.882. The van der Waals surface area contributed by atoms with Crippen molar-refractivity contribution in [3.8, 4) is 0 Å². The van der Waals surface area contributed by atoms with Gasteiger partial charge < -0.3 is 18.9 Å². The first-order valence-corrected chi connectivity index (χ1v) is 9.17. The molecule has 0 amide bonds. The quantitative estimate of drug-likeness (QED) is 0.688. The molecule has 0 N–H and O–H groups in total. The van der Waals surface area contributed by atoms with Crippen molar-refractivity contribution >= 4 is 0 Å². The highest BCUT2D eigenvalue weighted by Crippen LogP contribution is 2.26. The van der Waals surface area contributed by atoms with E-state index in [0.717, 1.165) is 70.6 Å². The topological polar surface area (TPSA) is 55.6 Å². The highest BCUT2D eigenvalue weighted by atomic mass is 16.5. The minimum atomic E-state index is 0.497. The van der Waals surface area contributed by atoms with E-state index in [0.29, 0.717) is 5.92 Å². The summed E-state index contributed by atoms with van der Waals surface area (Å²) in [6.07, 6.45) is 3.55. The molecular formula is C17H31N5O2. The Morgan fingerprint density at radius 1 is 1.17 bits per heavy atom. The number of nitrogens with zero attached hydrogens (tertiary/aromatic N) is 5. The van der Waals surface area contributed by atoms with Gasteiger partial charge in [0.25, 0.3) is 0 Å². The van der Waals surface area contributed by atoms with Crippen LogP contribution < -0.4 is 0 Å². The van der Waals surface area contributed by atoms with Gasteiger partial charge in [-0.2, -0.15) is 0 Å². The Labute approximate surface area is 144 Å². The van der Waals surface area contributed by atoms with Crippen molar-refractivity contribution in [2.24, 2.45) is 7.05 Å². The number of ether oxygens (including phenoxy) is 2. The van der Waals surface area contributed by atoms with E-state index >= 15 is 0 Å². The summed E-state index contributed by atoms with van der Waals surface area (Å²) in [5.74, 6) is 2.72. The predicted octanol–water partition coefficient (Wildman–Crippen LogP) is 0.863. The third kappa shape index (κ3) is 4.53. The van der Waals surface area contributed by atoms with Crippen molar-refractivity contribution in [2.45, 2.75) is 31.7 Å². The molecule has 7 nitrogen and oxygen atoms in total. The zero-order chi connectivity index (χ0) is 16.8. The number of hydrogen-bond donors (Lipinski definition) is 0. The molecule has 0 saturated carbocycles. The standard InChI is InChI=1S/C17H31N5O2/c1-20-16(14-22-8-11-24-12-9-22)18-19-17(20)15-5-3-6-21(13-15)7-4-10-23-2/h15H,3-14H2,1-2H3. The summed E-state index contributed by atoms with van der Waals surface area (Å²) in [4.78, 5) is 4.94. The summed E-state index contributed by atoms with van der Waals surface area (Å²) in [5.41, 5.74) is 0. The number of methoxy groups -OCH3 is 1. The second-order valence-electron chi connectivity index (χ2n) is 6.91. The van der Waals surface area contributed by atoms with Gasteiger partial charge in [-0.25, -0.2) is 0 Å². The van der Waals surface area contributed by atoms with Crippen molar-refractivity contribution in [2.75, 3.05) is 59.7 Å². The first kappa shape index (κ1) is 17.8. The predicted molar refractivity (Wildman–Crippen MR) is 92.0 cm³/mol. The molecule has 1 atom stereocenters. The molecule has 136 valence electrons. The van der Waals surface area contributed by atoms with Crippen LogP contribution in [0.5, 0.6) is 0 Å². The number of rotatable bonds is 7. The molecule has 7 heteroatoms. The van der Waals surface area contributed by atoms with E-state index in [1.54, 1.807) is 7.11 Å². The van der Waals surface area contributed by atoms with Gasteiger partial charge in [0, 0.05) is 52.9 Å². The fourth-order valence-electron chi connectivity index (χ4n) is 3.73. The van der Waals surface area contributed by atoms with Crippen LogP contribution in [-0.4, -0.2) is 84.2 Å². The first-order chi connectivity index (χ1) is 11.8. The first-order valence-electron chi connectivity index (χ1n) is 9.17. The Bertz CT molecular complexity index is 501. The Hall–Kier alpha value is -1.02. The summed E-state index contributed by atoms with van der Waals surface area (Å²) in [6, 6.07) is 0. The van der Waals surface area contributed by atoms with Crippen LogP contribution in [0.4, 0.5) is 0 Å². The maximum Gasteiger partial charge on any atom is 0.146 e. The van der Waals surface area contributed by atoms with E-state index in [9.17, 15) is 0 Å². The van der Waals surface area contributed by atoms with Gasteiger partial charge in [-0.1, -0.05) is 0 Å². The summed E-state index contributed by atoms with van der Waals surface area (Å²) < 4.78 is 12.8. The van der Waals surface area contributed by atoms with E-state index in [-0.39, 0.29) is 0 Å². The number of morpholine rings is 1. The van der Waals surface area contributed by atoms with Gasteiger partial charge in [0.2, 0.25) is 0 Å². The summed E-state index contributed by atoms with van der Waals surface area (Å²) in [7, 11) is 3.89. The van der Waals surface area contributed by atoms with E-state index in [4.69, 9.17) is 9.47 Å². The second-order valence-corrected chi connectivity index (χ2v) is 6.91. The van der Waals surface area contributed by atoms with Crippen LogP contribution in [0.3, 0.4) is 0 Å². The SMILES string of the molecule is COCCCN1CCCC(c2nnc(CN3CCOCC3)n2C)C1. The zero-order valence-electron chi connectivity index (χ0n) is 15.1. The van der Waals surface area contributed by atoms with E-state index in [2.05, 4.69) is 31.6 Å². The van der Waals surface area contributed by atoms with Crippen LogP contribution in [0.25, 0.3) is 0 Å². The molecule has 1 aromatic heterocycles. The van der Waals surface area contributed by atoms with Gasteiger partial charge in [0.1, 0.15) is 11.6 Å². The van der Waals surface area contributed by atoms with Crippen molar-refractivity contribution < 1.29 is 9.47 Å². The minimum Gasteiger partial charge on any atom is -0.385 e. The summed E-state index contributed by atoms with van der Waals surface area (Å²) in [6.45, 7) is 8.73. The maximum atomic E-state index is 5.42. The van der Waals surface area contributed by atoms with Crippen LogP contribution in [0.1, 0.15) is 36.8 Å². The second kappa shape index (κ2) is 8.89. The molecule has 24 heavy (non-hydrogen) atoms. The molecule has 2 saturated heterocycles. The van der Waals surface area contributed by atoms with Gasteiger partial charge in [0.05, 0.1) is 19.8 Å². The fourth-order valence-corrected chi connectivity index (χ4v) is 3.73. The third-order valence-corrected chi connectivity index (χ3v) is 5.16. The zero-order valence-corrected chi connectivity index (χ0v) is 15.1. The molecular weight excluding hydrogens is 306 g/mol. The molecule has 1 unspecified atom stereocenters. The van der Waals surface area contributed by atoms with Crippen molar-refractivity contribution in [1.82, 2.24) is 24.6 Å². The molecule has 2 fully saturated rings. The maximum absolute atomic E-state index is 5.42. The highest BCUT2D eigenvalue weighted by Gasteiger charge is 2.26. The van der Waals surface area contributed by atoms with E-state index in [1.807, 2.05) is 0 Å². The monoisotopic (exact) mass is 337 g/mol. The van der Waals surface area contributed by atoms with Gasteiger partial charge in [-0.3, -0.25) is 4.90 Å². The van der Waals surface area contributed by atoms with Crippen molar-refractivity contribution in [1.29, 1.82) is 0 Å². The average Bonchev–Trinajstić information content (AvgIpc) is 2.97. The van der Waals surface area contributed by atoms with Crippen molar-refractivity contribution in [3.05, 3.63) is 11.6 Å². The normalized spacial score (nSPS) is 23.7. The van der Waals surface area contributed by atoms with Crippen LogP contribution in [0.2, 0.25) is 0 Å². The van der Waals surface area contributed by atoms with E-state index in [1.165, 1.54) is 19.4 Å². The lowest BCUT2D eigenvalue weighted by molar-refractivity contribution is 0.0326. The third-order valence-electron chi connectivity index (χ3n) is 5.16. The summed E-state index contributed by atoms with van der Waals surface area (Å²) in [5, 5.41) is 9.02. The molecule has 3 heterocycles. The molecule has 2 aliphatic rings. The molecule has 3 rings (SSSR count). The highest BCUT2D eigenvalue weighted by molar-refractivity contribution is 5.04. The Morgan fingerprint density at radius 2 is 2.00 bits per heavy atom. The largest absolute Gasteiger partial charge is 0.385 e. The minimum absolute atomic E-state index is 0.497. The smallest absolute Gasteiger partial charge is 0.146 e. The van der Waals surface area contributed by atoms with Gasteiger partial charge in [-0.15, -0.1) is 10.2 Å². The lowest BCUT2D eigenvalue weighted by Gasteiger charge is -2.32. The molecule has 0 aromatic carbocycles. The average molecular weight is 337 g/mol. The lowest BCUT2D eigenvalue weighted by Crippen LogP contribution is -2.37. The molecule has 0 bridgehead atoms. The van der Waals surface area contributed by atoms with Crippen LogP contribution in [0.15, 0.2) is 0 Å². The Morgan fingerprint density at radius 3 is 2.79 bits per heavy atom. The number of aromatic nitrogens is 3.